The van der Waals surface area contributed by atoms with Gasteiger partial charge >= 0.3 is 0 Å². The fourth-order valence-electron chi connectivity index (χ4n) is 5.75. The van der Waals surface area contributed by atoms with Crippen LogP contribution in [0.2, 0.25) is 0 Å². The lowest BCUT2D eigenvalue weighted by Gasteiger charge is -2.34. The Kier molecular flexibility index (Phi) is 5.97. The van der Waals surface area contributed by atoms with Crippen LogP contribution < -0.4 is 0 Å². The summed E-state index contributed by atoms with van der Waals surface area (Å²) >= 11 is 0. The van der Waals surface area contributed by atoms with Crippen molar-refractivity contribution in [1.82, 2.24) is 9.38 Å². The number of carbonyl (C=O) groups excluding carboxylic acids is 1. The van der Waals surface area contributed by atoms with Crippen LogP contribution in [0.1, 0.15) is 45.7 Å². The number of hydrogen-bond donors (Lipinski definition) is 2. The normalized spacial score (nSPS) is 26.3. The summed E-state index contributed by atoms with van der Waals surface area (Å²) in [6.07, 6.45) is 10.2. The van der Waals surface area contributed by atoms with Gasteiger partial charge in [-0.2, -0.15) is 0 Å². The molecule has 0 radical (unpaired) electrons. The van der Waals surface area contributed by atoms with E-state index in [9.17, 15) is 19.4 Å². The number of rotatable bonds is 7. The van der Waals surface area contributed by atoms with Crippen molar-refractivity contribution >= 4 is 17.0 Å². The highest BCUT2D eigenvalue weighted by Gasteiger charge is 2.64. The zero-order chi connectivity index (χ0) is 26.6. The predicted octanol–water partition coefficient (Wildman–Crippen LogP) is 6.55. The van der Waals surface area contributed by atoms with Crippen LogP contribution in [0.15, 0.2) is 89.9 Å². The number of aliphatic hydroxyl groups excluding tert-OH is 2. The molecule has 192 valence electrons. The third kappa shape index (κ3) is 4.22. The Morgan fingerprint density at radius 3 is 2.84 bits per heavy atom. The first-order chi connectivity index (χ1) is 17.5. The van der Waals surface area contributed by atoms with Crippen molar-refractivity contribution in [3.8, 4) is 0 Å². The fraction of sp³-hybridized carbons (Fsp3) is 0.333. The SMILES string of the molecule is C=C(O)/C=C\C(=C(\CC1C=C2O[C@]23C(=C)C(C)=C(O)C[C@@H]3C1)C(C)C(C)=O)c1cn2cc(F)ccc2n1. The Morgan fingerprint density at radius 1 is 1.38 bits per heavy atom. The number of ketones is 1. The van der Waals surface area contributed by atoms with Gasteiger partial charge in [0.1, 0.15) is 28.8 Å². The number of imidazole rings is 1. The van der Waals surface area contributed by atoms with Crippen LogP contribution in [0.5, 0.6) is 0 Å². The molecule has 0 aromatic carbocycles. The average molecular weight is 503 g/mol. The number of aliphatic hydroxyl groups is 2. The molecule has 4 atom stereocenters. The van der Waals surface area contributed by atoms with Crippen molar-refractivity contribution in [3.63, 3.8) is 0 Å². The van der Waals surface area contributed by atoms with Crippen LogP contribution in [0, 0.1) is 23.6 Å². The van der Waals surface area contributed by atoms with Gasteiger partial charge in [-0.1, -0.05) is 20.1 Å². The molecule has 2 unspecified atom stereocenters. The summed E-state index contributed by atoms with van der Waals surface area (Å²) in [5, 5.41) is 20.3. The summed E-state index contributed by atoms with van der Waals surface area (Å²) in [5.74, 6) is 0.420. The standard InChI is InChI=1S/C30H31FN2O4/c1-16(34)6-8-24(26-15-33-14-23(31)7-9-29(33)32-26)25(18(3)20(5)35)11-21-10-22-13-27(36)17(2)19(4)30(22)28(12-21)37-30/h6-9,12,14-15,18,21-22,34,36H,1,4,10-11,13H2,2-3,5H3/b8-6-,25-24+/t18?,21?,22-,30-/m0/s1. The summed E-state index contributed by atoms with van der Waals surface area (Å²) in [6.45, 7) is 13.0. The number of ether oxygens (including phenoxy) is 1. The van der Waals surface area contributed by atoms with Crippen molar-refractivity contribution < 1.29 is 24.1 Å². The summed E-state index contributed by atoms with van der Waals surface area (Å²) in [6, 6.07) is 2.94. The molecule has 2 aliphatic carbocycles. The van der Waals surface area contributed by atoms with E-state index in [2.05, 4.69) is 24.2 Å². The van der Waals surface area contributed by atoms with Crippen LogP contribution in [-0.2, 0) is 9.53 Å². The fourth-order valence-corrected chi connectivity index (χ4v) is 5.75. The molecule has 1 aliphatic heterocycles. The van der Waals surface area contributed by atoms with E-state index in [0.717, 1.165) is 28.9 Å². The molecule has 37 heavy (non-hydrogen) atoms. The van der Waals surface area contributed by atoms with Crippen molar-refractivity contribution in [3.05, 3.63) is 101 Å². The third-order valence-electron chi connectivity index (χ3n) is 8.01. The maximum Gasteiger partial charge on any atom is 0.193 e. The number of aromatic nitrogens is 2. The summed E-state index contributed by atoms with van der Waals surface area (Å²) in [5.41, 5.74) is 3.77. The highest BCUT2D eigenvalue weighted by molar-refractivity contribution is 5.86. The molecule has 0 bridgehead atoms. The highest BCUT2D eigenvalue weighted by Crippen LogP contribution is 2.62. The number of halogens is 1. The molecule has 0 amide bonds. The number of hydrogen-bond acceptors (Lipinski definition) is 5. The summed E-state index contributed by atoms with van der Waals surface area (Å²) in [7, 11) is 0. The number of nitrogens with zero attached hydrogens (tertiary/aromatic N) is 2. The molecule has 2 aromatic heterocycles. The van der Waals surface area contributed by atoms with E-state index in [1.54, 1.807) is 29.7 Å². The van der Waals surface area contributed by atoms with Crippen molar-refractivity contribution in [1.29, 1.82) is 0 Å². The van der Waals surface area contributed by atoms with Crippen molar-refractivity contribution in [2.24, 2.45) is 17.8 Å². The van der Waals surface area contributed by atoms with Gasteiger partial charge in [0.15, 0.2) is 5.60 Å². The second kappa shape index (κ2) is 8.91. The number of epoxide rings is 1. The van der Waals surface area contributed by atoms with Gasteiger partial charge < -0.3 is 19.4 Å². The Hall–Kier alpha value is -3.87. The Morgan fingerprint density at radius 2 is 2.14 bits per heavy atom. The number of carbonyl (C=O) groups is 1. The molecule has 0 saturated carbocycles. The Balaban J connectivity index is 1.58. The zero-order valence-corrected chi connectivity index (χ0v) is 21.3. The van der Waals surface area contributed by atoms with Crippen LogP contribution in [-0.4, -0.2) is 31.0 Å². The van der Waals surface area contributed by atoms with Crippen LogP contribution in [0.3, 0.4) is 0 Å². The lowest BCUT2D eigenvalue weighted by atomic mass is 9.67. The highest BCUT2D eigenvalue weighted by atomic mass is 19.1. The monoisotopic (exact) mass is 502 g/mol. The number of Topliss-reactive ketones (excluding diaryl/α,β-unsaturated/α-hetero) is 1. The summed E-state index contributed by atoms with van der Waals surface area (Å²) < 4.78 is 21.6. The molecular weight excluding hydrogens is 471 g/mol. The van der Waals surface area contributed by atoms with Crippen molar-refractivity contribution in [2.75, 3.05) is 0 Å². The molecule has 2 aromatic rings. The van der Waals surface area contributed by atoms with E-state index < -0.39 is 11.5 Å². The van der Waals surface area contributed by atoms with E-state index in [-0.39, 0.29) is 29.2 Å². The minimum Gasteiger partial charge on any atom is -0.512 e. The van der Waals surface area contributed by atoms with Gasteiger partial charge in [-0.25, -0.2) is 9.37 Å². The van der Waals surface area contributed by atoms with Gasteiger partial charge in [-0.15, -0.1) is 0 Å². The second-order valence-corrected chi connectivity index (χ2v) is 10.4. The van der Waals surface area contributed by atoms with Gasteiger partial charge in [0.25, 0.3) is 0 Å². The molecule has 1 spiro atoms. The molecule has 1 saturated heterocycles. The van der Waals surface area contributed by atoms with Gasteiger partial charge in [0.2, 0.25) is 0 Å². The van der Waals surface area contributed by atoms with Crippen LogP contribution >= 0.6 is 0 Å². The smallest absolute Gasteiger partial charge is 0.193 e. The second-order valence-electron chi connectivity index (χ2n) is 10.4. The summed E-state index contributed by atoms with van der Waals surface area (Å²) in [4.78, 5) is 17.3. The number of pyridine rings is 1. The average Bonchev–Trinajstić information content (AvgIpc) is 3.44. The maximum absolute atomic E-state index is 13.8. The van der Waals surface area contributed by atoms with Gasteiger partial charge in [0.05, 0.1) is 11.5 Å². The third-order valence-corrected chi connectivity index (χ3v) is 8.01. The Labute approximate surface area is 215 Å². The van der Waals surface area contributed by atoms with Crippen LogP contribution in [0.25, 0.3) is 11.2 Å². The first kappa shape index (κ1) is 24.8. The van der Waals surface area contributed by atoms with E-state index in [4.69, 9.17) is 4.74 Å². The molecule has 5 rings (SSSR count). The molecule has 3 aliphatic rings. The number of fused-ring (bicyclic) bond motifs is 1. The minimum absolute atomic E-state index is 0.00117. The maximum atomic E-state index is 13.8. The predicted molar refractivity (Wildman–Crippen MR) is 140 cm³/mol. The van der Waals surface area contributed by atoms with Gasteiger partial charge in [-0.3, -0.25) is 4.79 Å². The molecule has 1 fully saturated rings. The lowest BCUT2D eigenvalue weighted by molar-refractivity contribution is -0.119. The van der Waals surface area contributed by atoms with E-state index >= 15 is 0 Å². The number of allylic oxidation sites excluding steroid dienone is 6. The quantitative estimate of drug-likeness (QED) is 0.255. The molecular formula is C30H31FN2O4. The van der Waals surface area contributed by atoms with E-state index in [1.165, 1.54) is 18.3 Å². The van der Waals surface area contributed by atoms with Gasteiger partial charge in [0, 0.05) is 41.8 Å². The first-order valence-electron chi connectivity index (χ1n) is 12.4. The molecule has 3 heterocycles. The van der Waals surface area contributed by atoms with E-state index in [1.807, 2.05) is 13.8 Å². The Bertz CT molecular complexity index is 1470. The zero-order valence-electron chi connectivity index (χ0n) is 21.3. The minimum atomic E-state index is -0.508. The largest absolute Gasteiger partial charge is 0.512 e. The lowest BCUT2D eigenvalue weighted by Crippen LogP contribution is -2.35. The molecule has 7 heteroatoms. The molecule has 6 nitrogen and oxygen atoms in total. The molecule has 2 N–H and O–H groups in total. The van der Waals surface area contributed by atoms with E-state index in [0.29, 0.717) is 35.5 Å². The first-order valence-corrected chi connectivity index (χ1v) is 12.4. The van der Waals surface area contributed by atoms with Crippen molar-refractivity contribution in [2.45, 2.75) is 45.6 Å². The topological polar surface area (TPSA) is 87.4 Å². The van der Waals surface area contributed by atoms with Gasteiger partial charge in [-0.05, 0) is 74.1 Å². The van der Waals surface area contributed by atoms with Crippen LogP contribution in [0.4, 0.5) is 4.39 Å².